The SMILES string of the molecule is CC(=O)N1CCCCCCCN(CCC(C)C)Cc2cc(C(=O)NCCC3CCCN(C)C3)ccc21. The number of carbonyl (C=O) groups excluding carboxylic acids is 2. The zero-order chi connectivity index (χ0) is 25.9. The molecule has 2 aliphatic rings. The van der Waals surface area contributed by atoms with Gasteiger partial charge >= 0.3 is 0 Å². The summed E-state index contributed by atoms with van der Waals surface area (Å²) >= 11 is 0. The number of nitrogens with zero attached hydrogens (tertiary/aromatic N) is 3. The molecule has 2 heterocycles. The molecule has 6 nitrogen and oxygen atoms in total. The maximum atomic E-state index is 13.1. The van der Waals surface area contributed by atoms with Crippen LogP contribution in [0.2, 0.25) is 0 Å². The summed E-state index contributed by atoms with van der Waals surface area (Å²) in [5.41, 5.74) is 2.77. The van der Waals surface area contributed by atoms with Gasteiger partial charge in [-0.25, -0.2) is 0 Å². The minimum absolute atomic E-state index is 0.00353. The highest BCUT2D eigenvalue weighted by atomic mass is 16.2. The summed E-state index contributed by atoms with van der Waals surface area (Å²) in [6.07, 6.45) is 10.5. The van der Waals surface area contributed by atoms with Crippen LogP contribution in [-0.2, 0) is 11.3 Å². The van der Waals surface area contributed by atoms with Gasteiger partial charge in [0, 0.05) is 44.4 Å². The van der Waals surface area contributed by atoms with Crippen molar-refractivity contribution in [3.63, 3.8) is 0 Å². The van der Waals surface area contributed by atoms with Crippen LogP contribution in [0.4, 0.5) is 5.69 Å². The Hall–Kier alpha value is -1.92. The molecule has 0 bridgehead atoms. The molecule has 1 saturated heterocycles. The Morgan fingerprint density at radius 2 is 1.78 bits per heavy atom. The van der Waals surface area contributed by atoms with Crippen LogP contribution in [0.5, 0.6) is 0 Å². The standard InChI is InChI=1S/C30H50N4O2/c1-24(2)15-20-33-18-8-6-5-7-9-19-34(25(3)35)29-13-12-27(21-28(29)23-33)30(36)31-16-14-26-11-10-17-32(4)22-26/h12-13,21,24,26H,5-11,14-20,22-23H2,1-4H3,(H,31,36). The molecule has 0 saturated carbocycles. The van der Waals surface area contributed by atoms with E-state index in [4.69, 9.17) is 0 Å². The first kappa shape index (κ1) is 28.6. The second-order valence-electron chi connectivity index (χ2n) is 11.6. The first-order chi connectivity index (χ1) is 17.3. The van der Waals surface area contributed by atoms with Gasteiger partial charge in [0.15, 0.2) is 0 Å². The van der Waals surface area contributed by atoms with E-state index in [9.17, 15) is 9.59 Å². The number of amides is 2. The van der Waals surface area contributed by atoms with Gasteiger partial charge < -0.3 is 15.1 Å². The van der Waals surface area contributed by atoms with Crippen molar-refractivity contribution < 1.29 is 9.59 Å². The van der Waals surface area contributed by atoms with E-state index >= 15 is 0 Å². The zero-order valence-electron chi connectivity index (χ0n) is 23.4. The Bertz CT molecular complexity index is 840. The first-order valence-electron chi connectivity index (χ1n) is 14.4. The average molecular weight is 499 g/mol. The molecule has 202 valence electrons. The molecule has 0 aliphatic carbocycles. The molecule has 6 heteroatoms. The zero-order valence-corrected chi connectivity index (χ0v) is 23.4. The second kappa shape index (κ2) is 14.7. The van der Waals surface area contributed by atoms with E-state index in [2.05, 4.69) is 36.0 Å². The quantitative estimate of drug-likeness (QED) is 0.553. The molecule has 1 unspecified atom stereocenters. The van der Waals surface area contributed by atoms with Crippen LogP contribution in [-0.4, -0.2) is 67.9 Å². The number of anilines is 1. The number of likely N-dealkylation sites (tertiary alicyclic amines) is 1. The van der Waals surface area contributed by atoms with Crippen LogP contribution in [0, 0.1) is 11.8 Å². The fourth-order valence-electron chi connectivity index (χ4n) is 5.65. The van der Waals surface area contributed by atoms with Gasteiger partial charge in [-0.05, 0) is 101 Å². The Kier molecular flexibility index (Phi) is 11.7. The number of nitrogens with one attached hydrogen (secondary N) is 1. The molecule has 1 atom stereocenters. The number of carbonyl (C=O) groups is 2. The summed E-state index contributed by atoms with van der Waals surface area (Å²) in [5.74, 6) is 1.40. The Morgan fingerprint density at radius 1 is 1.03 bits per heavy atom. The lowest BCUT2D eigenvalue weighted by Gasteiger charge is -2.30. The van der Waals surface area contributed by atoms with Crippen LogP contribution in [0.15, 0.2) is 18.2 Å². The summed E-state index contributed by atoms with van der Waals surface area (Å²) < 4.78 is 0. The molecule has 1 N–H and O–H groups in total. The molecule has 3 rings (SSSR count). The van der Waals surface area contributed by atoms with Gasteiger partial charge in [-0.1, -0.05) is 33.1 Å². The topological polar surface area (TPSA) is 55.9 Å². The predicted molar refractivity (Wildman–Crippen MR) is 149 cm³/mol. The fraction of sp³-hybridized carbons (Fsp3) is 0.733. The van der Waals surface area contributed by atoms with Crippen molar-refractivity contribution in [1.82, 2.24) is 15.1 Å². The van der Waals surface area contributed by atoms with Crippen molar-refractivity contribution in [2.75, 3.05) is 51.2 Å². The summed E-state index contributed by atoms with van der Waals surface area (Å²) in [7, 11) is 2.19. The van der Waals surface area contributed by atoms with Gasteiger partial charge in [-0.2, -0.15) is 0 Å². The van der Waals surface area contributed by atoms with Crippen molar-refractivity contribution in [1.29, 1.82) is 0 Å². The summed E-state index contributed by atoms with van der Waals surface area (Å²) in [4.78, 5) is 32.6. The number of hydrogen-bond donors (Lipinski definition) is 1. The molecule has 0 aromatic heterocycles. The molecule has 1 aromatic carbocycles. The van der Waals surface area contributed by atoms with E-state index in [1.807, 2.05) is 23.1 Å². The van der Waals surface area contributed by atoms with E-state index < -0.39 is 0 Å². The average Bonchev–Trinajstić information content (AvgIpc) is 2.83. The molecule has 1 aromatic rings. The molecule has 36 heavy (non-hydrogen) atoms. The van der Waals surface area contributed by atoms with Gasteiger partial charge in [-0.3, -0.25) is 14.5 Å². The molecule has 1 fully saturated rings. The van der Waals surface area contributed by atoms with Crippen molar-refractivity contribution in [3.05, 3.63) is 29.3 Å². The number of rotatable bonds is 7. The van der Waals surface area contributed by atoms with Crippen LogP contribution in [0.3, 0.4) is 0 Å². The van der Waals surface area contributed by atoms with Gasteiger partial charge in [-0.15, -0.1) is 0 Å². The van der Waals surface area contributed by atoms with Gasteiger partial charge in [0.2, 0.25) is 5.91 Å². The lowest BCUT2D eigenvalue weighted by Crippen LogP contribution is -2.35. The molecule has 2 aliphatic heterocycles. The Balaban J connectivity index is 1.76. The molecular formula is C30H50N4O2. The van der Waals surface area contributed by atoms with Crippen molar-refractivity contribution in [2.45, 2.75) is 85.1 Å². The van der Waals surface area contributed by atoms with Crippen molar-refractivity contribution in [2.24, 2.45) is 11.8 Å². The highest BCUT2D eigenvalue weighted by Crippen LogP contribution is 2.26. The van der Waals surface area contributed by atoms with Gasteiger partial charge in [0.05, 0.1) is 0 Å². The third-order valence-electron chi connectivity index (χ3n) is 7.85. The van der Waals surface area contributed by atoms with Crippen LogP contribution < -0.4 is 10.2 Å². The van der Waals surface area contributed by atoms with Crippen molar-refractivity contribution >= 4 is 17.5 Å². The minimum Gasteiger partial charge on any atom is -0.352 e. The second-order valence-corrected chi connectivity index (χ2v) is 11.6. The lowest BCUT2D eigenvalue weighted by molar-refractivity contribution is -0.116. The third kappa shape index (κ3) is 9.19. The van der Waals surface area contributed by atoms with Crippen LogP contribution >= 0.6 is 0 Å². The number of hydrogen-bond acceptors (Lipinski definition) is 4. The smallest absolute Gasteiger partial charge is 0.251 e. The summed E-state index contributed by atoms with van der Waals surface area (Å²) in [6, 6.07) is 5.96. The molecular weight excluding hydrogens is 448 g/mol. The Labute approximate surface area is 219 Å². The molecule has 0 radical (unpaired) electrons. The monoisotopic (exact) mass is 498 g/mol. The number of benzene rings is 1. The normalized spacial score (nSPS) is 20.9. The van der Waals surface area contributed by atoms with E-state index in [0.29, 0.717) is 23.9 Å². The van der Waals surface area contributed by atoms with Crippen LogP contribution in [0.25, 0.3) is 0 Å². The molecule has 0 spiro atoms. The predicted octanol–water partition coefficient (Wildman–Crippen LogP) is 5.31. The van der Waals surface area contributed by atoms with E-state index in [-0.39, 0.29) is 11.8 Å². The molecule has 2 amide bonds. The highest BCUT2D eigenvalue weighted by molar-refractivity contribution is 5.97. The van der Waals surface area contributed by atoms with E-state index in [1.165, 1.54) is 38.6 Å². The summed E-state index contributed by atoms with van der Waals surface area (Å²) in [5, 5.41) is 3.17. The Morgan fingerprint density at radius 3 is 2.50 bits per heavy atom. The minimum atomic E-state index is -0.00353. The summed E-state index contributed by atoms with van der Waals surface area (Å²) in [6.45, 7) is 12.9. The highest BCUT2D eigenvalue weighted by Gasteiger charge is 2.21. The lowest BCUT2D eigenvalue weighted by atomic mass is 9.95. The van der Waals surface area contributed by atoms with Gasteiger partial charge in [0.1, 0.15) is 0 Å². The fourth-order valence-corrected chi connectivity index (χ4v) is 5.65. The van der Waals surface area contributed by atoms with Crippen LogP contribution in [0.1, 0.15) is 94.5 Å². The number of fused-ring (bicyclic) bond motifs is 1. The van der Waals surface area contributed by atoms with E-state index in [1.54, 1.807) is 6.92 Å². The largest absolute Gasteiger partial charge is 0.352 e. The van der Waals surface area contributed by atoms with Gasteiger partial charge in [0.25, 0.3) is 5.91 Å². The third-order valence-corrected chi connectivity index (χ3v) is 7.85. The first-order valence-corrected chi connectivity index (χ1v) is 14.4. The number of piperidine rings is 1. The van der Waals surface area contributed by atoms with E-state index in [0.717, 1.165) is 69.7 Å². The maximum absolute atomic E-state index is 13.1. The maximum Gasteiger partial charge on any atom is 0.251 e. The van der Waals surface area contributed by atoms with Crippen molar-refractivity contribution in [3.8, 4) is 0 Å².